The van der Waals surface area contributed by atoms with Crippen LogP contribution in [0.2, 0.25) is 10.0 Å². The fourth-order valence-corrected chi connectivity index (χ4v) is 3.44. The van der Waals surface area contributed by atoms with Crippen LogP contribution in [0.25, 0.3) is 0 Å². The zero-order chi connectivity index (χ0) is 16.3. The molecule has 5 nitrogen and oxygen atoms in total. The Morgan fingerprint density at radius 3 is 2.52 bits per heavy atom. The third kappa shape index (κ3) is 6.95. The average molecular weight is 355 g/mol. The molecular weight excluding hydrogens is 335 g/mol. The van der Waals surface area contributed by atoms with Gasteiger partial charge in [-0.25, -0.2) is 13.1 Å². The predicted molar refractivity (Wildman–Crippen MR) is 86.4 cm³/mol. The van der Waals surface area contributed by atoms with Crippen molar-refractivity contribution in [2.45, 2.75) is 25.5 Å². The molecule has 0 heterocycles. The van der Waals surface area contributed by atoms with Crippen molar-refractivity contribution in [3.63, 3.8) is 0 Å². The minimum Gasteiger partial charge on any atom is -0.387 e. The molecule has 0 aliphatic rings. The van der Waals surface area contributed by atoms with Crippen LogP contribution in [-0.4, -0.2) is 38.4 Å². The summed E-state index contributed by atoms with van der Waals surface area (Å²) in [6.45, 7) is 4.09. The molecule has 0 saturated heterocycles. The monoisotopic (exact) mass is 354 g/mol. The maximum Gasteiger partial charge on any atom is 0.209 e. The standard InChI is InChI=1S/C13H20Cl2N2O3S/c1-13(2,17-21(3,19)20)8-16-7-12(18)10-6-9(14)4-5-11(10)15/h4-6,12,16-18H,7-8H2,1-3H3. The van der Waals surface area contributed by atoms with Crippen LogP contribution >= 0.6 is 23.2 Å². The smallest absolute Gasteiger partial charge is 0.209 e. The normalized spacial score (nSPS) is 14.2. The maximum absolute atomic E-state index is 11.2. The van der Waals surface area contributed by atoms with Gasteiger partial charge in [-0.05, 0) is 32.0 Å². The van der Waals surface area contributed by atoms with Crippen LogP contribution in [0.5, 0.6) is 0 Å². The number of halogens is 2. The Bertz CT molecular complexity index is 591. The van der Waals surface area contributed by atoms with E-state index < -0.39 is 21.7 Å². The van der Waals surface area contributed by atoms with Crippen molar-refractivity contribution in [1.29, 1.82) is 0 Å². The summed E-state index contributed by atoms with van der Waals surface area (Å²) in [6.07, 6.45) is 0.278. The quantitative estimate of drug-likeness (QED) is 0.699. The first-order valence-electron chi connectivity index (χ1n) is 6.33. The van der Waals surface area contributed by atoms with E-state index in [4.69, 9.17) is 23.2 Å². The molecule has 8 heteroatoms. The summed E-state index contributed by atoms with van der Waals surface area (Å²) in [5.74, 6) is 0. The molecule has 0 aliphatic carbocycles. The van der Waals surface area contributed by atoms with Gasteiger partial charge in [0.15, 0.2) is 0 Å². The second-order valence-electron chi connectivity index (χ2n) is 5.57. The Morgan fingerprint density at radius 1 is 1.33 bits per heavy atom. The summed E-state index contributed by atoms with van der Waals surface area (Å²) in [4.78, 5) is 0. The van der Waals surface area contributed by atoms with Crippen molar-refractivity contribution >= 4 is 33.2 Å². The topological polar surface area (TPSA) is 78.4 Å². The molecule has 1 rings (SSSR count). The first-order valence-corrected chi connectivity index (χ1v) is 8.97. The van der Waals surface area contributed by atoms with E-state index in [1.54, 1.807) is 32.0 Å². The zero-order valence-electron chi connectivity index (χ0n) is 12.2. The second kappa shape index (κ2) is 7.26. The lowest BCUT2D eigenvalue weighted by Gasteiger charge is -2.26. The minimum absolute atomic E-state index is 0.231. The van der Waals surface area contributed by atoms with Gasteiger partial charge in [-0.3, -0.25) is 0 Å². The van der Waals surface area contributed by atoms with Gasteiger partial charge in [0.25, 0.3) is 0 Å². The molecule has 0 aliphatic heterocycles. The first kappa shape index (κ1) is 18.7. The summed E-state index contributed by atoms with van der Waals surface area (Å²) in [6, 6.07) is 4.88. The summed E-state index contributed by atoms with van der Waals surface area (Å²) in [5.41, 5.74) is -0.128. The second-order valence-corrected chi connectivity index (χ2v) is 8.16. The van der Waals surface area contributed by atoms with Gasteiger partial charge in [-0.15, -0.1) is 0 Å². The van der Waals surface area contributed by atoms with E-state index in [1.807, 2.05) is 0 Å². The van der Waals surface area contributed by atoms with Gasteiger partial charge < -0.3 is 10.4 Å². The molecular formula is C13H20Cl2N2O3S. The number of hydrogen-bond acceptors (Lipinski definition) is 4. The predicted octanol–water partition coefficient (Wildman–Crippen LogP) is 1.94. The molecule has 1 atom stereocenters. The lowest BCUT2D eigenvalue weighted by atomic mass is 10.1. The maximum atomic E-state index is 11.2. The van der Waals surface area contributed by atoms with Crippen molar-refractivity contribution in [2.24, 2.45) is 0 Å². The van der Waals surface area contributed by atoms with E-state index in [-0.39, 0.29) is 6.54 Å². The van der Waals surface area contributed by atoms with Crippen molar-refractivity contribution in [1.82, 2.24) is 10.0 Å². The lowest BCUT2D eigenvalue weighted by Crippen LogP contribution is -2.50. The molecule has 120 valence electrons. The van der Waals surface area contributed by atoms with Gasteiger partial charge >= 0.3 is 0 Å². The highest BCUT2D eigenvalue weighted by atomic mass is 35.5. The highest BCUT2D eigenvalue weighted by Gasteiger charge is 2.22. The zero-order valence-corrected chi connectivity index (χ0v) is 14.5. The van der Waals surface area contributed by atoms with Crippen LogP contribution < -0.4 is 10.0 Å². The van der Waals surface area contributed by atoms with Gasteiger partial charge in [0.05, 0.1) is 12.4 Å². The molecule has 21 heavy (non-hydrogen) atoms. The van der Waals surface area contributed by atoms with Gasteiger partial charge in [-0.1, -0.05) is 23.2 Å². The van der Waals surface area contributed by atoms with Crippen LogP contribution in [0.1, 0.15) is 25.5 Å². The first-order chi connectivity index (χ1) is 9.50. The molecule has 0 bridgehead atoms. The number of nitrogens with one attached hydrogen (secondary N) is 2. The van der Waals surface area contributed by atoms with E-state index in [1.165, 1.54) is 0 Å². The van der Waals surface area contributed by atoms with E-state index in [9.17, 15) is 13.5 Å². The Labute approximate surface area is 135 Å². The lowest BCUT2D eigenvalue weighted by molar-refractivity contribution is 0.172. The molecule has 0 fully saturated rings. The number of benzene rings is 1. The molecule has 0 aromatic heterocycles. The SMILES string of the molecule is CC(C)(CNCC(O)c1cc(Cl)ccc1Cl)NS(C)(=O)=O. The molecule has 0 radical (unpaired) electrons. The van der Waals surface area contributed by atoms with Gasteiger partial charge in [-0.2, -0.15) is 0 Å². The molecule has 1 unspecified atom stereocenters. The van der Waals surface area contributed by atoms with E-state index in [2.05, 4.69) is 10.0 Å². The van der Waals surface area contributed by atoms with Crippen LogP contribution in [0.4, 0.5) is 0 Å². The van der Waals surface area contributed by atoms with E-state index >= 15 is 0 Å². The number of rotatable bonds is 7. The summed E-state index contributed by atoms with van der Waals surface area (Å²) in [5, 5.41) is 14.1. The van der Waals surface area contributed by atoms with Crippen molar-refractivity contribution in [2.75, 3.05) is 19.3 Å². The van der Waals surface area contributed by atoms with Crippen molar-refractivity contribution in [3.05, 3.63) is 33.8 Å². The Morgan fingerprint density at radius 2 is 1.95 bits per heavy atom. The van der Waals surface area contributed by atoms with Crippen LogP contribution in [0.15, 0.2) is 18.2 Å². The number of sulfonamides is 1. The van der Waals surface area contributed by atoms with Crippen LogP contribution in [-0.2, 0) is 10.0 Å². The fraction of sp³-hybridized carbons (Fsp3) is 0.538. The van der Waals surface area contributed by atoms with Crippen molar-refractivity contribution in [3.8, 4) is 0 Å². The van der Waals surface area contributed by atoms with E-state index in [0.29, 0.717) is 22.2 Å². The number of aliphatic hydroxyl groups is 1. The van der Waals surface area contributed by atoms with Gasteiger partial charge in [0.2, 0.25) is 10.0 Å². The van der Waals surface area contributed by atoms with Gasteiger partial charge in [0, 0.05) is 34.2 Å². The number of hydrogen-bond donors (Lipinski definition) is 3. The molecule has 0 saturated carbocycles. The Balaban J connectivity index is 2.57. The Kier molecular flexibility index (Phi) is 6.46. The Hall–Kier alpha value is -0.370. The molecule has 3 N–H and O–H groups in total. The third-order valence-electron chi connectivity index (χ3n) is 2.68. The van der Waals surface area contributed by atoms with Crippen LogP contribution in [0, 0.1) is 0 Å². The average Bonchev–Trinajstić information content (AvgIpc) is 2.28. The summed E-state index contributed by atoms with van der Waals surface area (Å²) in [7, 11) is -3.29. The fourth-order valence-electron chi connectivity index (χ4n) is 1.94. The van der Waals surface area contributed by atoms with Crippen molar-refractivity contribution < 1.29 is 13.5 Å². The molecule has 0 amide bonds. The summed E-state index contributed by atoms with van der Waals surface area (Å²) >= 11 is 11.9. The molecule has 1 aromatic rings. The third-order valence-corrected chi connectivity index (χ3v) is 4.19. The minimum atomic E-state index is -3.29. The largest absolute Gasteiger partial charge is 0.387 e. The highest BCUT2D eigenvalue weighted by molar-refractivity contribution is 7.88. The van der Waals surface area contributed by atoms with Gasteiger partial charge in [0.1, 0.15) is 0 Å². The number of aliphatic hydroxyl groups excluding tert-OH is 1. The molecule has 0 spiro atoms. The highest BCUT2D eigenvalue weighted by Crippen LogP contribution is 2.26. The van der Waals surface area contributed by atoms with E-state index in [0.717, 1.165) is 6.26 Å². The van der Waals surface area contributed by atoms with Crippen LogP contribution in [0.3, 0.4) is 0 Å². The summed E-state index contributed by atoms with van der Waals surface area (Å²) < 4.78 is 25.0. The molecule has 1 aromatic carbocycles.